The van der Waals surface area contributed by atoms with Crippen LogP contribution in [0.25, 0.3) is 5.69 Å². The minimum Gasteiger partial charge on any atom is -0.266 e. The van der Waals surface area contributed by atoms with Crippen LogP contribution in [0.4, 0.5) is 0 Å². The van der Waals surface area contributed by atoms with Crippen molar-refractivity contribution >= 4 is 27.7 Å². The Hall–Kier alpha value is -1.85. The second-order valence-corrected chi connectivity index (χ2v) is 6.46. The summed E-state index contributed by atoms with van der Waals surface area (Å²) >= 11 is 5.00. The van der Waals surface area contributed by atoms with Gasteiger partial charge >= 0.3 is 0 Å². The molecule has 0 aliphatic carbocycles. The zero-order chi connectivity index (χ0) is 15.4. The van der Waals surface area contributed by atoms with Gasteiger partial charge < -0.3 is 0 Å². The van der Waals surface area contributed by atoms with E-state index in [-0.39, 0.29) is 5.56 Å². The Bertz CT molecular complexity index is 819. The first kappa shape index (κ1) is 15.1. The van der Waals surface area contributed by atoms with E-state index < -0.39 is 0 Å². The fourth-order valence-electron chi connectivity index (χ4n) is 2.01. The number of nitrogens with zero attached hydrogens (tertiary/aromatic N) is 2. The number of benzene rings is 2. The molecule has 0 atom stereocenters. The van der Waals surface area contributed by atoms with Gasteiger partial charge in [-0.1, -0.05) is 48.5 Å². The van der Waals surface area contributed by atoms with E-state index in [0.29, 0.717) is 4.47 Å². The van der Waals surface area contributed by atoms with Crippen LogP contribution in [-0.4, -0.2) is 9.78 Å². The molecule has 3 rings (SSSR count). The maximum Gasteiger partial charge on any atom is 0.286 e. The monoisotopic (exact) mass is 372 g/mol. The Morgan fingerprint density at radius 1 is 1.00 bits per heavy atom. The maximum absolute atomic E-state index is 12.4. The van der Waals surface area contributed by atoms with Gasteiger partial charge in [0.15, 0.2) is 0 Å². The quantitative estimate of drug-likeness (QED) is 0.640. The van der Waals surface area contributed by atoms with E-state index in [2.05, 4.69) is 33.2 Å². The van der Waals surface area contributed by atoms with Crippen molar-refractivity contribution in [3.05, 3.63) is 87.3 Å². The number of hydrogen-bond donors (Lipinski definition) is 0. The lowest BCUT2D eigenvalue weighted by Gasteiger charge is -2.08. The SMILES string of the molecule is O=c1c(Br)c(SCc2ccccc2)cnn1-c1ccccc1. The van der Waals surface area contributed by atoms with Crippen LogP contribution in [-0.2, 0) is 5.75 Å². The van der Waals surface area contributed by atoms with Crippen molar-refractivity contribution in [3.8, 4) is 5.69 Å². The highest BCUT2D eigenvalue weighted by Crippen LogP contribution is 2.27. The molecule has 110 valence electrons. The lowest BCUT2D eigenvalue weighted by molar-refractivity contribution is 0.782. The van der Waals surface area contributed by atoms with E-state index in [1.165, 1.54) is 10.2 Å². The van der Waals surface area contributed by atoms with Gasteiger partial charge in [-0.05, 0) is 33.6 Å². The molecule has 0 amide bonds. The van der Waals surface area contributed by atoms with Gasteiger partial charge in [0.05, 0.1) is 16.4 Å². The van der Waals surface area contributed by atoms with Crippen molar-refractivity contribution in [1.29, 1.82) is 0 Å². The summed E-state index contributed by atoms with van der Waals surface area (Å²) in [5.74, 6) is 0.801. The number of aromatic nitrogens is 2. The zero-order valence-electron chi connectivity index (χ0n) is 11.6. The van der Waals surface area contributed by atoms with Crippen LogP contribution in [0.15, 0.2) is 81.0 Å². The van der Waals surface area contributed by atoms with Crippen molar-refractivity contribution < 1.29 is 0 Å². The number of para-hydroxylation sites is 1. The third-order valence-electron chi connectivity index (χ3n) is 3.12. The molecule has 0 N–H and O–H groups in total. The summed E-state index contributed by atoms with van der Waals surface area (Å²) in [6, 6.07) is 19.5. The summed E-state index contributed by atoms with van der Waals surface area (Å²) in [6.45, 7) is 0. The van der Waals surface area contributed by atoms with E-state index in [9.17, 15) is 4.79 Å². The first-order valence-electron chi connectivity index (χ1n) is 6.75. The number of halogens is 1. The average Bonchev–Trinajstić information content (AvgIpc) is 2.58. The number of thioether (sulfide) groups is 1. The predicted octanol–water partition coefficient (Wildman–Crippen LogP) is 4.29. The zero-order valence-corrected chi connectivity index (χ0v) is 14.0. The topological polar surface area (TPSA) is 34.9 Å². The highest BCUT2D eigenvalue weighted by atomic mass is 79.9. The Morgan fingerprint density at radius 3 is 2.32 bits per heavy atom. The summed E-state index contributed by atoms with van der Waals surface area (Å²) in [4.78, 5) is 13.3. The highest BCUT2D eigenvalue weighted by Gasteiger charge is 2.10. The molecule has 0 fully saturated rings. The third-order valence-corrected chi connectivity index (χ3v) is 5.25. The molecule has 0 spiro atoms. The van der Waals surface area contributed by atoms with Crippen molar-refractivity contribution in [2.75, 3.05) is 0 Å². The van der Waals surface area contributed by atoms with Gasteiger partial charge in [-0.25, -0.2) is 0 Å². The van der Waals surface area contributed by atoms with E-state index in [0.717, 1.165) is 16.3 Å². The van der Waals surface area contributed by atoms with Gasteiger partial charge in [-0.3, -0.25) is 4.79 Å². The maximum atomic E-state index is 12.4. The van der Waals surface area contributed by atoms with Crippen LogP contribution in [0.5, 0.6) is 0 Å². The third kappa shape index (κ3) is 3.31. The van der Waals surface area contributed by atoms with Gasteiger partial charge in [0.25, 0.3) is 5.56 Å². The molecule has 22 heavy (non-hydrogen) atoms. The molecule has 0 unspecified atom stereocenters. The fourth-order valence-corrected chi connectivity index (χ4v) is 3.47. The van der Waals surface area contributed by atoms with Crippen LogP contribution < -0.4 is 5.56 Å². The molecule has 1 heterocycles. The van der Waals surface area contributed by atoms with E-state index >= 15 is 0 Å². The Morgan fingerprint density at radius 2 is 1.64 bits per heavy atom. The summed E-state index contributed by atoms with van der Waals surface area (Å²) in [5.41, 5.74) is 1.82. The molecule has 0 aliphatic rings. The molecule has 1 aromatic heterocycles. The Balaban J connectivity index is 1.86. The van der Waals surface area contributed by atoms with Crippen LogP contribution in [0.3, 0.4) is 0 Å². The van der Waals surface area contributed by atoms with E-state index in [4.69, 9.17) is 0 Å². The van der Waals surface area contributed by atoms with Crippen LogP contribution >= 0.6 is 27.7 Å². The molecule has 0 saturated carbocycles. The fraction of sp³-hybridized carbons (Fsp3) is 0.0588. The Labute approximate surface area is 141 Å². The molecular formula is C17H13BrN2OS. The first-order valence-corrected chi connectivity index (χ1v) is 8.53. The van der Waals surface area contributed by atoms with Gasteiger partial charge in [0.2, 0.25) is 0 Å². The highest BCUT2D eigenvalue weighted by molar-refractivity contribution is 9.10. The molecular weight excluding hydrogens is 360 g/mol. The van der Waals surface area contributed by atoms with Crippen molar-refractivity contribution in [2.45, 2.75) is 10.6 Å². The van der Waals surface area contributed by atoms with Crippen molar-refractivity contribution in [2.24, 2.45) is 0 Å². The molecule has 0 bridgehead atoms. The van der Waals surface area contributed by atoms with Gasteiger partial charge in [-0.2, -0.15) is 9.78 Å². The normalized spacial score (nSPS) is 10.6. The van der Waals surface area contributed by atoms with Crippen molar-refractivity contribution in [1.82, 2.24) is 9.78 Å². The summed E-state index contributed by atoms with van der Waals surface area (Å²) < 4.78 is 1.95. The minimum atomic E-state index is -0.149. The number of rotatable bonds is 4. The summed E-state index contributed by atoms with van der Waals surface area (Å²) in [7, 11) is 0. The smallest absolute Gasteiger partial charge is 0.266 e. The lowest BCUT2D eigenvalue weighted by Crippen LogP contribution is -2.22. The van der Waals surface area contributed by atoms with Gasteiger partial charge in [0.1, 0.15) is 0 Å². The van der Waals surface area contributed by atoms with E-state index in [1.807, 2.05) is 48.5 Å². The van der Waals surface area contributed by atoms with Crippen LogP contribution in [0.1, 0.15) is 5.56 Å². The standard InChI is InChI=1S/C17H13BrN2OS/c18-16-15(22-12-13-7-3-1-4-8-13)11-19-20(17(16)21)14-9-5-2-6-10-14/h1-11H,12H2. The minimum absolute atomic E-state index is 0.149. The molecule has 2 aromatic carbocycles. The van der Waals surface area contributed by atoms with Gasteiger partial charge in [-0.15, -0.1) is 11.8 Å². The summed E-state index contributed by atoms with van der Waals surface area (Å²) in [6.07, 6.45) is 1.73. The molecule has 3 aromatic rings. The first-order chi connectivity index (χ1) is 10.8. The van der Waals surface area contributed by atoms with Crippen molar-refractivity contribution in [3.63, 3.8) is 0 Å². The summed E-state index contributed by atoms with van der Waals surface area (Å²) in [5, 5.41) is 4.27. The van der Waals surface area contributed by atoms with Crippen LogP contribution in [0.2, 0.25) is 0 Å². The molecule has 0 aliphatic heterocycles. The van der Waals surface area contributed by atoms with Crippen LogP contribution in [0, 0.1) is 0 Å². The average molecular weight is 373 g/mol. The number of hydrogen-bond acceptors (Lipinski definition) is 3. The second-order valence-electron chi connectivity index (χ2n) is 4.65. The predicted molar refractivity (Wildman–Crippen MR) is 93.5 cm³/mol. The van der Waals surface area contributed by atoms with E-state index in [1.54, 1.807) is 18.0 Å². The molecule has 3 nitrogen and oxygen atoms in total. The lowest BCUT2D eigenvalue weighted by atomic mass is 10.2. The molecule has 5 heteroatoms. The second kappa shape index (κ2) is 6.94. The largest absolute Gasteiger partial charge is 0.286 e. The Kier molecular flexibility index (Phi) is 4.75. The molecule has 0 saturated heterocycles. The van der Waals surface area contributed by atoms with Gasteiger partial charge in [0, 0.05) is 10.6 Å². The molecule has 0 radical (unpaired) electrons.